The van der Waals surface area contributed by atoms with Gasteiger partial charge in [0.15, 0.2) is 6.61 Å². The highest BCUT2D eigenvalue weighted by Gasteiger charge is 2.34. The van der Waals surface area contributed by atoms with Gasteiger partial charge in [-0.2, -0.15) is 26.4 Å². The van der Waals surface area contributed by atoms with Gasteiger partial charge in [0.2, 0.25) is 0 Å². The van der Waals surface area contributed by atoms with Crippen molar-refractivity contribution in [3.63, 3.8) is 0 Å². The predicted octanol–water partition coefficient (Wildman–Crippen LogP) is 4.99. The van der Waals surface area contributed by atoms with Gasteiger partial charge >= 0.3 is 16.7 Å². The quantitative estimate of drug-likeness (QED) is 0.567. The molecule has 0 saturated heterocycles. The summed E-state index contributed by atoms with van der Waals surface area (Å²) < 4.78 is 61.7. The summed E-state index contributed by atoms with van der Waals surface area (Å²) in [5.74, 6) is 0. The Morgan fingerprint density at radius 3 is 2.52 bits per heavy atom. The third kappa shape index (κ3) is 7.67. The molecule has 0 atom stereocenters. The average molecular weight is 413 g/mol. The molecule has 136 valence electrons. The zero-order valence-corrected chi connectivity index (χ0v) is 15.1. The molecule has 25 heavy (non-hydrogen) atoms. The van der Waals surface area contributed by atoms with Gasteiger partial charge in [0.05, 0.1) is 11.3 Å². The van der Waals surface area contributed by atoms with Gasteiger partial charge in [0, 0.05) is 15.5 Å². The summed E-state index contributed by atoms with van der Waals surface area (Å²) in [6.45, 7) is 1.67. The Labute approximate surface area is 152 Å². The summed E-state index contributed by atoms with van der Waals surface area (Å²) in [5.41, 5.74) is -0.740. The lowest BCUT2D eigenvalue weighted by molar-refractivity contribution is -0.137. The van der Waals surface area contributed by atoms with Crippen LogP contribution in [0.5, 0.6) is 0 Å². The molecule has 0 aliphatic rings. The fraction of sp³-hybridized carbons (Fsp3) is 0.214. The summed E-state index contributed by atoms with van der Waals surface area (Å²) in [6, 6.07) is 7.09. The van der Waals surface area contributed by atoms with E-state index in [1.807, 2.05) is 17.5 Å². The molecule has 1 N–H and O–H groups in total. The molecule has 0 saturated carbocycles. The normalized spacial score (nSPS) is 11.5. The van der Waals surface area contributed by atoms with E-state index in [2.05, 4.69) is 5.16 Å². The number of hydrogen-bond acceptors (Lipinski definition) is 6. The van der Waals surface area contributed by atoms with Crippen LogP contribution in [0.25, 0.3) is 0 Å². The minimum Gasteiger partial charge on any atom is -0.390 e. The van der Waals surface area contributed by atoms with Crippen molar-refractivity contribution in [1.82, 2.24) is 0 Å². The van der Waals surface area contributed by atoms with Crippen molar-refractivity contribution in [1.29, 1.82) is 4.78 Å². The second-order valence-corrected chi connectivity index (χ2v) is 6.39. The summed E-state index contributed by atoms with van der Waals surface area (Å²) in [6.07, 6.45) is -4.47. The Balaban J connectivity index is 0.000000705. The van der Waals surface area contributed by atoms with Crippen LogP contribution in [-0.2, 0) is 28.1 Å². The third-order valence-electron chi connectivity index (χ3n) is 2.67. The highest BCUT2D eigenvalue weighted by atomic mass is 35.5. The summed E-state index contributed by atoms with van der Waals surface area (Å²) >= 11 is 7.25. The Morgan fingerprint density at radius 1 is 1.36 bits per heavy atom. The lowest BCUT2D eigenvalue weighted by Crippen LogP contribution is -2.12. The number of alkyl halides is 3. The average Bonchev–Trinajstić information content (AvgIpc) is 2.98. The van der Waals surface area contributed by atoms with Crippen molar-refractivity contribution in [3.05, 3.63) is 56.7 Å². The van der Waals surface area contributed by atoms with E-state index in [0.29, 0.717) is 0 Å². The Morgan fingerprint density at radius 2 is 2.00 bits per heavy atom. The summed E-state index contributed by atoms with van der Waals surface area (Å²) in [7, 11) is -2.61. The topological polar surface area (TPSA) is 79.6 Å². The van der Waals surface area contributed by atoms with Crippen LogP contribution in [0.15, 0.2) is 40.9 Å². The molecule has 0 fully saturated rings. The lowest BCUT2D eigenvalue weighted by Gasteiger charge is -2.12. The lowest BCUT2D eigenvalue weighted by atomic mass is 10.0. The molecule has 0 unspecified atom stereocenters. The fourth-order valence-corrected chi connectivity index (χ4v) is 2.48. The molecule has 1 aromatic heterocycles. The third-order valence-corrected chi connectivity index (χ3v) is 3.75. The first-order valence-electron chi connectivity index (χ1n) is 6.47. The van der Waals surface area contributed by atoms with Gasteiger partial charge in [-0.05, 0) is 36.6 Å². The molecule has 2 rings (SSSR count). The number of oxime groups is 1. The zero-order valence-electron chi connectivity index (χ0n) is 12.7. The van der Waals surface area contributed by atoms with E-state index < -0.39 is 22.2 Å². The van der Waals surface area contributed by atoms with Crippen LogP contribution in [0, 0.1) is 4.78 Å². The number of hydrogen-bond donors (Lipinski definition) is 1. The number of nitrogens with zero attached hydrogens (tertiary/aromatic N) is 1. The van der Waals surface area contributed by atoms with Crippen LogP contribution in [0.2, 0.25) is 5.02 Å². The smallest absolute Gasteiger partial charge is 0.390 e. The second kappa shape index (κ2) is 9.54. The number of nitrogens with one attached hydrogen (secondary N) is 1. The molecule has 0 radical (unpaired) electrons. The maximum Gasteiger partial charge on any atom is 0.417 e. The van der Waals surface area contributed by atoms with Gasteiger partial charge in [-0.15, -0.1) is 11.3 Å². The molecule has 5 nitrogen and oxygen atoms in total. The number of rotatable bonds is 4. The molecular formula is C14H12ClF3N2O3S2. The first kappa shape index (κ1) is 21.1. The van der Waals surface area contributed by atoms with Gasteiger partial charge in [-0.1, -0.05) is 22.8 Å². The van der Waals surface area contributed by atoms with Crippen molar-refractivity contribution in [2.24, 2.45) is 5.16 Å². The molecule has 11 heteroatoms. The van der Waals surface area contributed by atoms with E-state index >= 15 is 0 Å². The Kier molecular flexibility index (Phi) is 8.07. The van der Waals surface area contributed by atoms with E-state index in [9.17, 15) is 13.2 Å². The van der Waals surface area contributed by atoms with Crippen LogP contribution in [0.4, 0.5) is 13.2 Å². The largest absolute Gasteiger partial charge is 0.417 e. The van der Waals surface area contributed by atoms with Gasteiger partial charge < -0.3 is 4.84 Å². The SMILES string of the molecule is C/C(=N\OCc1cccs1)c1cc(Cl)ccc1C(F)(F)F.N=S(=O)=O. The number of thiophene rings is 1. The molecule has 0 spiro atoms. The van der Waals surface area contributed by atoms with Crippen molar-refractivity contribution in [3.8, 4) is 0 Å². The van der Waals surface area contributed by atoms with Crippen LogP contribution in [0.3, 0.4) is 0 Å². The molecular weight excluding hydrogens is 401 g/mol. The van der Waals surface area contributed by atoms with Crippen LogP contribution < -0.4 is 0 Å². The predicted molar refractivity (Wildman–Crippen MR) is 89.4 cm³/mol. The van der Waals surface area contributed by atoms with Gasteiger partial charge in [0.1, 0.15) is 0 Å². The van der Waals surface area contributed by atoms with Crippen LogP contribution >= 0.6 is 22.9 Å². The van der Waals surface area contributed by atoms with Crippen LogP contribution in [0.1, 0.15) is 22.9 Å². The van der Waals surface area contributed by atoms with Crippen molar-refractivity contribution >= 4 is 39.1 Å². The minimum absolute atomic E-state index is 0.0822. The Bertz CT molecular complexity index is 829. The molecule has 1 aromatic carbocycles. The van der Waals surface area contributed by atoms with E-state index in [1.54, 1.807) is 0 Å². The highest BCUT2D eigenvalue weighted by Crippen LogP contribution is 2.33. The number of halogens is 4. The fourth-order valence-electron chi connectivity index (χ4n) is 1.70. The zero-order chi connectivity index (χ0) is 19.0. The molecule has 0 aliphatic heterocycles. The van der Waals surface area contributed by atoms with Crippen molar-refractivity contribution in [2.45, 2.75) is 19.7 Å². The second-order valence-electron chi connectivity index (χ2n) is 4.45. The molecule has 0 amide bonds. The maximum atomic E-state index is 12.9. The highest BCUT2D eigenvalue weighted by molar-refractivity contribution is 7.60. The maximum absolute atomic E-state index is 12.9. The van der Waals surface area contributed by atoms with E-state index in [0.717, 1.165) is 10.9 Å². The monoisotopic (exact) mass is 412 g/mol. The first-order valence-corrected chi connectivity index (χ1v) is 8.81. The molecule has 1 heterocycles. The van der Waals surface area contributed by atoms with E-state index in [1.165, 1.54) is 30.4 Å². The summed E-state index contributed by atoms with van der Waals surface area (Å²) in [5, 5.41) is 5.85. The van der Waals surface area contributed by atoms with Crippen molar-refractivity contribution < 1.29 is 26.4 Å². The summed E-state index contributed by atoms with van der Waals surface area (Å²) in [4.78, 5) is 6.03. The number of benzene rings is 1. The molecule has 0 aliphatic carbocycles. The van der Waals surface area contributed by atoms with E-state index in [4.69, 9.17) is 29.6 Å². The van der Waals surface area contributed by atoms with Gasteiger partial charge in [0.25, 0.3) is 0 Å². The van der Waals surface area contributed by atoms with Gasteiger partial charge in [-0.25, -0.2) is 0 Å². The van der Waals surface area contributed by atoms with E-state index in [-0.39, 0.29) is 22.9 Å². The van der Waals surface area contributed by atoms with Crippen LogP contribution in [-0.4, -0.2) is 14.1 Å². The molecule has 2 aromatic rings. The minimum atomic E-state index is -4.47. The Hall–Kier alpha value is -1.91. The van der Waals surface area contributed by atoms with Gasteiger partial charge in [-0.3, -0.25) is 0 Å². The standard InChI is InChI=1S/C14H11ClF3NOS.HNO2S/c1-9(19-20-8-11-3-2-6-21-11)12-7-10(15)4-5-13(12)14(16,17)18;1-4(2)3/h2-7H,8H2,1H3;1H/b19-9+;. The molecule has 0 bridgehead atoms. The van der Waals surface area contributed by atoms with Crippen molar-refractivity contribution in [2.75, 3.05) is 0 Å². The first-order chi connectivity index (χ1) is 11.6.